The molecule has 1 unspecified atom stereocenters. The van der Waals surface area contributed by atoms with E-state index in [9.17, 15) is 9.65 Å². The van der Waals surface area contributed by atoms with Crippen molar-refractivity contribution in [1.82, 2.24) is 10.2 Å². The Morgan fingerprint density at radius 1 is 1.12 bits per heavy atom. The van der Waals surface area contributed by atoms with Crippen LogP contribution < -0.4 is 10.6 Å². The summed E-state index contributed by atoms with van der Waals surface area (Å²) < 4.78 is 35.0. The van der Waals surface area contributed by atoms with Crippen molar-refractivity contribution in [3.05, 3.63) is 102 Å². The van der Waals surface area contributed by atoms with Crippen molar-refractivity contribution in [2.24, 2.45) is 4.99 Å². The summed E-state index contributed by atoms with van der Waals surface area (Å²) >= 11 is 0. The lowest BCUT2D eigenvalue weighted by molar-refractivity contribution is -0.0420. The summed E-state index contributed by atoms with van der Waals surface area (Å²) in [6.45, 7) is 7.05. The van der Waals surface area contributed by atoms with E-state index >= 15 is 4.39 Å². The molecule has 0 amide bonds. The largest absolute Gasteiger partial charge is 0.382 e. The molecule has 214 valence electrons. The molecule has 4 rings (SSSR count). The number of halogens is 2. The number of likely N-dealkylation sites (tertiary alicyclic amines) is 1. The van der Waals surface area contributed by atoms with Crippen molar-refractivity contribution in [3.63, 3.8) is 0 Å². The SMILES string of the molecule is C=CC(CN1CCC(Nc2ccc(-c3ccccc3C#N)cc2)CC1)(OCCCNC=NC)c1ccc(F)cc1F. The predicted molar refractivity (Wildman–Crippen MR) is 161 cm³/mol. The van der Waals surface area contributed by atoms with Gasteiger partial charge in [0.2, 0.25) is 0 Å². The third-order valence-electron chi connectivity index (χ3n) is 7.42. The minimum atomic E-state index is -1.10. The van der Waals surface area contributed by atoms with Gasteiger partial charge >= 0.3 is 0 Å². The molecular formula is C33H37F2N5O. The monoisotopic (exact) mass is 557 g/mol. The number of rotatable bonds is 13. The lowest BCUT2D eigenvalue weighted by Crippen LogP contribution is -2.47. The van der Waals surface area contributed by atoms with Gasteiger partial charge in [0.15, 0.2) is 0 Å². The fourth-order valence-electron chi connectivity index (χ4n) is 5.24. The lowest BCUT2D eigenvalue weighted by Gasteiger charge is -2.40. The summed E-state index contributed by atoms with van der Waals surface area (Å²) in [5.74, 6) is -1.26. The zero-order valence-electron chi connectivity index (χ0n) is 23.5. The van der Waals surface area contributed by atoms with E-state index in [-0.39, 0.29) is 11.6 Å². The number of piperidine rings is 1. The van der Waals surface area contributed by atoms with Gasteiger partial charge in [-0.3, -0.25) is 9.89 Å². The Balaban J connectivity index is 1.38. The van der Waals surface area contributed by atoms with E-state index in [4.69, 9.17) is 4.74 Å². The molecule has 6 nitrogen and oxygen atoms in total. The molecule has 41 heavy (non-hydrogen) atoms. The van der Waals surface area contributed by atoms with Gasteiger partial charge in [0.05, 0.1) is 18.0 Å². The molecule has 1 saturated heterocycles. The Morgan fingerprint density at radius 2 is 1.88 bits per heavy atom. The van der Waals surface area contributed by atoms with Crippen LogP contribution in [0, 0.1) is 23.0 Å². The summed E-state index contributed by atoms with van der Waals surface area (Å²) in [6, 6.07) is 21.9. The molecule has 3 aromatic rings. The number of nitriles is 1. The maximum Gasteiger partial charge on any atom is 0.132 e. The molecule has 2 N–H and O–H groups in total. The standard InChI is InChI=1S/C33H37F2N5O/c1-3-33(41-20-6-17-38-24-37-2,31-14-11-27(34)21-32(31)35)23-40-18-15-29(16-19-40)39-28-12-9-25(10-13-28)30-8-5-4-7-26(30)22-36/h3-5,7-14,21,24,29,39H,1,6,15-20,23H2,2H3,(H,37,38). The van der Waals surface area contributed by atoms with Gasteiger partial charge in [-0.2, -0.15) is 5.26 Å². The molecule has 0 spiro atoms. The third-order valence-corrected chi connectivity index (χ3v) is 7.42. The maximum atomic E-state index is 15.0. The highest BCUT2D eigenvalue weighted by atomic mass is 19.1. The Morgan fingerprint density at radius 3 is 2.56 bits per heavy atom. The van der Waals surface area contributed by atoms with Gasteiger partial charge in [-0.15, -0.1) is 0 Å². The number of anilines is 1. The van der Waals surface area contributed by atoms with Crippen molar-refractivity contribution in [1.29, 1.82) is 5.26 Å². The third kappa shape index (κ3) is 7.78. The topological polar surface area (TPSA) is 72.7 Å². The van der Waals surface area contributed by atoms with Crippen LogP contribution in [0.4, 0.5) is 14.5 Å². The van der Waals surface area contributed by atoms with E-state index in [1.54, 1.807) is 19.5 Å². The highest BCUT2D eigenvalue weighted by Crippen LogP contribution is 2.33. The molecule has 0 saturated carbocycles. The molecule has 8 heteroatoms. The van der Waals surface area contributed by atoms with Gasteiger partial charge in [0.1, 0.15) is 17.2 Å². The molecule has 3 aromatic carbocycles. The first-order valence-electron chi connectivity index (χ1n) is 13.9. The summed E-state index contributed by atoms with van der Waals surface area (Å²) in [7, 11) is 1.69. The van der Waals surface area contributed by atoms with E-state index in [2.05, 4.69) is 33.2 Å². The minimum absolute atomic E-state index is 0.287. The Kier molecular flexibility index (Phi) is 10.6. The highest BCUT2D eigenvalue weighted by molar-refractivity contribution is 5.71. The molecular weight excluding hydrogens is 520 g/mol. The van der Waals surface area contributed by atoms with Gasteiger partial charge in [-0.25, -0.2) is 8.78 Å². The van der Waals surface area contributed by atoms with Crippen LogP contribution in [0.15, 0.2) is 84.4 Å². The minimum Gasteiger partial charge on any atom is -0.382 e. The molecule has 0 bridgehead atoms. The molecule has 1 aliphatic heterocycles. The molecule has 1 aliphatic rings. The Hall–Kier alpha value is -4.06. The Labute approximate surface area is 241 Å². The number of nitrogens with one attached hydrogen (secondary N) is 2. The molecule has 1 heterocycles. The summed E-state index contributed by atoms with van der Waals surface area (Å²) in [5, 5.41) is 16.1. The van der Waals surface area contributed by atoms with Gasteiger partial charge in [-0.05, 0) is 60.7 Å². The van der Waals surface area contributed by atoms with E-state index in [0.717, 1.165) is 48.8 Å². The van der Waals surface area contributed by atoms with Crippen LogP contribution in [0.25, 0.3) is 11.1 Å². The highest BCUT2D eigenvalue weighted by Gasteiger charge is 2.36. The zero-order chi connectivity index (χ0) is 29.1. The first-order chi connectivity index (χ1) is 20.0. The first-order valence-corrected chi connectivity index (χ1v) is 13.9. The quantitative estimate of drug-likeness (QED) is 0.115. The second kappa shape index (κ2) is 14.5. The zero-order valence-corrected chi connectivity index (χ0v) is 23.5. The van der Waals surface area contributed by atoms with E-state index < -0.39 is 17.2 Å². The molecule has 1 atom stereocenters. The second-order valence-electron chi connectivity index (χ2n) is 10.2. The fraction of sp³-hybridized carbons (Fsp3) is 0.333. The van der Waals surface area contributed by atoms with Crippen LogP contribution in [-0.4, -0.2) is 57.1 Å². The van der Waals surface area contributed by atoms with Gasteiger partial charge in [-0.1, -0.05) is 43.0 Å². The normalized spacial score (nSPS) is 15.8. The van der Waals surface area contributed by atoms with E-state index in [1.807, 2.05) is 48.5 Å². The van der Waals surface area contributed by atoms with Gasteiger partial charge in [0, 0.05) is 63.2 Å². The average molecular weight is 558 g/mol. The lowest BCUT2D eigenvalue weighted by atomic mass is 9.91. The van der Waals surface area contributed by atoms with E-state index in [1.165, 1.54) is 12.1 Å². The molecule has 1 fully saturated rings. The van der Waals surface area contributed by atoms with Crippen molar-refractivity contribution in [3.8, 4) is 17.2 Å². The fourth-order valence-corrected chi connectivity index (χ4v) is 5.24. The van der Waals surface area contributed by atoms with Crippen molar-refractivity contribution < 1.29 is 13.5 Å². The number of hydrogen-bond donors (Lipinski definition) is 2. The Bertz CT molecular complexity index is 1360. The van der Waals surface area contributed by atoms with Crippen LogP contribution in [0.5, 0.6) is 0 Å². The van der Waals surface area contributed by atoms with Crippen LogP contribution in [-0.2, 0) is 10.3 Å². The predicted octanol–water partition coefficient (Wildman–Crippen LogP) is 6.12. The van der Waals surface area contributed by atoms with Gasteiger partial charge in [0.25, 0.3) is 0 Å². The average Bonchev–Trinajstić information content (AvgIpc) is 3.00. The van der Waals surface area contributed by atoms with Crippen LogP contribution in [0.2, 0.25) is 0 Å². The number of hydrogen-bond acceptors (Lipinski definition) is 5. The second-order valence-corrected chi connectivity index (χ2v) is 10.2. The maximum absolute atomic E-state index is 15.0. The molecule has 0 aliphatic carbocycles. The van der Waals surface area contributed by atoms with Gasteiger partial charge < -0.3 is 15.4 Å². The summed E-state index contributed by atoms with van der Waals surface area (Å²) in [6.07, 6.45) is 5.76. The number of nitrogens with zero attached hydrogens (tertiary/aromatic N) is 3. The van der Waals surface area contributed by atoms with Crippen LogP contribution >= 0.6 is 0 Å². The molecule has 0 aromatic heterocycles. The van der Waals surface area contributed by atoms with Crippen LogP contribution in [0.1, 0.15) is 30.4 Å². The van der Waals surface area contributed by atoms with Crippen LogP contribution in [0.3, 0.4) is 0 Å². The summed E-state index contributed by atoms with van der Waals surface area (Å²) in [4.78, 5) is 6.15. The molecule has 0 radical (unpaired) electrons. The smallest absolute Gasteiger partial charge is 0.132 e. The first kappa shape index (κ1) is 29.9. The van der Waals surface area contributed by atoms with E-state index in [0.29, 0.717) is 31.7 Å². The number of benzene rings is 3. The number of ether oxygens (including phenoxy) is 1. The van der Waals surface area contributed by atoms with Crippen molar-refractivity contribution in [2.75, 3.05) is 45.2 Å². The summed E-state index contributed by atoms with van der Waals surface area (Å²) in [5.41, 5.74) is 2.79. The number of aliphatic imine (C=N–C) groups is 1. The van der Waals surface area contributed by atoms with Crippen molar-refractivity contribution >= 4 is 12.0 Å². The van der Waals surface area contributed by atoms with Crippen molar-refractivity contribution in [2.45, 2.75) is 30.9 Å².